The highest BCUT2D eigenvalue weighted by Gasteiger charge is 2.19. The van der Waals surface area contributed by atoms with E-state index in [9.17, 15) is 10.1 Å². The fourth-order valence-corrected chi connectivity index (χ4v) is 1.60. The van der Waals surface area contributed by atoms with E-state index in [0.717, 1.165) is 17.5 Å². The molecule has 0 amide bonds. The first-order chi connectivity index (χ1) is 7.11. The molecular formula is C11H15NO3. The Hall–Kier alpha value is -1.58. The van der Waals surface area contributed by atoms with Crippen molar-refractivity contribution in [2.45, 2.75) is 27.2 Å². The van der Waals surface area contributed by atoms with Gasteiger partial charge in [0.2, 0.25) is 5.75 Å². The van der Waals surface area contributed by atoms with Crippen molar-refractivity contribution in [3.8, 4) is 5.75 Å². The molecule has 4 heteroatoms. The lowest BCUT2D eigenvalue weighted by Gasteiger charge is -2.11. The van der Waals surface area contributed by atoms with Crippen molar-refractivity contribution in [3.63, 3.8) is 0 Å². The van der Waals surface area contributed by atoms with E-state index in [0.29, 0.717) is 12.4 Å². The molecule has 0 saturated heterocycles. The molecule has 1 aromatic rings. The van der Waals surface area contributed by atoms with Crippen molar-refractivity contribution >= 4 is 5.69 Å². The number of aryl methyl sites for hydroxylation is 1. The van der Waals surface area contributed by atoms with Crippen LogP contribution in [0.25, 0.3) is 0 Å². The third kappa shape index (κ3) is 2.26. The largest absolute Gasteiger partial charge is 0.487 e. The van der Waals surface area contributed by atoms with Crippen LogP contribution in [0, 0.1) is 17.0 Å². The van der Waals surface area contributed by atoms with E-state index in [4.69, 9.17) is 4.74 Å². The highest BCUT2D eigenvalue weighted by Crippen LogP contribution is 2.33. The molecule has 0 aliphatic carbocycles. The Kier molecular flexibility index (Phi) is 3.66. The molecule has 0 atom stereocenters. The molecule has 15 heavy (non-hydrogen) atoms. The molecule has 1 aromatic carbocycles. The van der Waals surface area contributed by atoms with Gasteiger partial charge < -0.3 is 4.74 Å². The van der Waals surface area contributed by atoms with E-state index in [-0.39, 0.29) is 5.69 Å². The topological polar surface area (TPSA) is 52.4 Å². The highest BCUT2D eigenvalue weighted by molar-refractivity contribution is 5.54. The van der Waals surface area contributed by atoms with E-state index < -0.39 is 4.92 Å². The second-order valence-electron chi connectivity index (χ2n) is 3.25. The minimum absolute atomic E-state index is 0.0549. The number of nitro benzene ring substituents is 1. The van der Waals surface area contributed by atoms with Gasteiger partial charge in [-0.3, -0.25) is 10.1 Å². The average Bonchev–Trinajstić information content (AvgIpc) is 2.18. The average molecular weight is 209 g/mol. The van der Waals surface area contributed by atoms with Crippen LogP contribution in [0.2, 0.25) is 0 Å². The minimum atomic E-state index is -0.399. The summed E-state index contributed by atoms with van der Waals surface area (Å²) in [6.07, 6.45) is 0.739. The number of hydrogen-bond acceptors (Lipinski definition) is 3. The fraction of sp³-hybridized carbons (Fsp3) is 0.455. The van der Waals surface area contributed by atoms with Crippen molar-refractivity contribution in [2.75, 3.05) is 6.61 Å². The summed E-state index contributed by atoms with van der Waals surface area (Å²) in [7, 11) is 0. The summed E-state index contributed by atoms with van der Waals surface area (Å²) >= 11 is 0. The van der Waals surface area contributed by atoms with Crippen LogP contribution in [0.4, 0.5) is 5.69 Å². The van der Waals surface area contributed by atoms with Crippen LogP contribution in [-0.2, 0) is 6.42 Å². The second-order valence-corrected chi connectivity index (χ2v) is 3.25. The van der Waals surface area contributed by atoms with Gasteiger partial charge in [0, 0.05) is 11.6 Å². The van der Waals surface area contributed by atoms with E-state index in [1.807, 2.05) is 20.8 Å². The first-order valence-electron chi connectivity index (χ1n) is 5.01. The Morgan fingerprint density at radius 1 is 1.40 bits per heavy atom. The Morgan fingerprint density at radius 3 is 2.53 bits per heavy atom. The van der Waals surface area contributed by atoms with Crippen molar-refractivity contribution in [2.24, 2.45) is 0 Å². The summed E-state index contributed by atoms with van der Waals surface area (Å²) in [5.74, 6) is 0.421. The van der Waals surface area contributed by atoms with Crippen molar-refractivity contribution in [1.82, 2.24) is 0 Å². The first kappa shape index (κ1) is 11.5. The van der Waals surface area contributed by atoms with Crippen LogP contribution in [0.5, 0.6) is 5.75 Å². The smallest absolute Gasteiger partial charge is 0.311 e. The summed E-state index contributed by atoms with van der Waals surface area (Å²) in [5, 5.41) is 10.8. The number of nitrogens with zero attached hydrogens (tertiary/aromatic N) is 1. The summed E-state index contributed by atoms with van der Waals surface area (Å²) < 4.78 is 5.36. The van der Waals surface area contributed by atoms with E-state index >= 15 is 0 Å². The molecule has 0 spiro atoms. The zero-order valence-electron chi connectivity index (χ0n) is 9.24. The molecule has 0 bridgehead atoms. The Morgan fingerprint density at radius 2 is 2.07 bits per heavy atom. The van der Waals surface area contributed by atoms with Gasteiger partial charge in [0.15, 0.2) is 0 Å². The van der Waals surface area contributed by atoms with E-state index in [1.54, 1.807) is 6.07 Å². The number of benzene rings is 1. The summed E-state index contributed by atoms with van der Waals surface area (Å²) in [5.41, 5.74) is 2.01. The quantitative estimate of drug-likeness (QED) is 0.566. The molecule has 0 radical (unpaired) electrons. The van der Waals surface area contributed by atoms with E-state index in [2.05, 4.69) is 0 Å². The number of rotatable bonds is 4. The molecule has 0 fully saturated rings. The Balaban J connectivity index is 3.34. The number of ether oxygens (including phenoxy) is 1. The normalized spacial score (nSPS) is 10.1. The van der Waals surface area contributed by atoms with E-state index in [1.165, 1.54) is 6.07 Å². The SMILES string of the molecule is CCOc1c([N+](=O)[O-])ccc(C)c1CC. The lowest BCUT2D eigenvalue weighted by molar-refractivity contribution is -0.385. The summed E-state index contributed by atoms with van der Waals surface area (Å²) in [6, 6.07) is 3.26. The van der Waals surface area contributed by atoms with Gasteiger partial charge in [0.25, 0.3) is 0 Å². The fourth-order valence-electron chi connectivity index (χ4n) is 1.60. The van der Waals surface area contributed by atoms with Gasteiger partial charge in [-0.05, 0) is 25.8 Å². The molecule has 0 unspecified atom stereocenters. The zero-order valence-corrected chi connectivity index (χ0v) is 9.24. The van der Waals surface area contributed by atoms with Gasteiger partial charge in [0.1, 0.15) is 0 Å². The Labute approximate surface area is 89.0 Å². The van der Waals surface area contributed by atoms with Gasteiger partial charge in [-0.25, -0.2) is 0 Å². The molecule has 0 aliphatic heterocycles. The maximum Gasteiger partial charge on any atom is 0.311 e. The predicted octanol–water partition coefficient (Wildman–Crippen LogP) is 2.86. The Bertz CT molecular complexity index is 374. The van der Waals surface area contributed by atoms with Crippen LogP contribution in [0.3, 0.4) is 0 Å². The van der Waals surface area contributed by atoms with Crippen molar-refractivity contribution in [3.05, 3.63) is 33.4 Å². The molecule has 82 valence electrons. The van der Waals surface area contributed by atoms with Crippen LogP contribution in [0.1, 0.15) is 25.0 Å². The van der Waals surface area contributed by atoms with Gasteiger partial charge >= 0.3 is 5.69 Å². The standard InChI is InChI=1S/C11H15NO3/c1-4-9-8(3)6-7-10(12(13)14)11(9)15-5-2/h6-7H,4-5H2,1-3H3. The van der Waals surface area contributed by atoms with Crippen LogP contribution >= 0.6 is 0 Å². The second kappa shape index (κ2) is 4.77. The predicted molar refractivity (Wildman–Crippen MR) is 58.4 cm³/mol. The monoisotopic (exact) mass is 209 g/mol. The van der Waals surface area contributed by atoms with Crippen molar-refractivity contribution < 1.29 is 9.66 Å². The maximum atomic E-state index is 10.8. The first-order valence-corrected chi connectivity index (χ1v) is 5.01. The maximum absolute atomic E-state index is 10.8. The minimum Gasteiger partial charge on any atom is -0.487 e. The molecule has 0 heterocycles. The van der Waals surface area contributed by atoms with Crippen LogP contribution < -0.4 is 4.74 Å². The summed E-state index contributed by atoms with van der Waals surface area (Å²) in [6.45, 7) is 6.17. The van der Waals surface area contributed by atoms with Crippen molar-refractivity contribution in [1.29, 1.82) is 0 Å². The molecule has 0 saturated carbocycles. The third-order valence-corrected chi connectivity index (χ3v) is 2.31. The molecule has 4 nitrogen and oxygen atoms in total. The molecule has 1 rings (SSSR count). The lowest BCUT2D eigenvalue weighted by Crippen LogP contribution is -2.02. The molecular weight excluding hydrogens is 194 g/mol. The number of hydrogen-bond donors (Lipinski definition) is 0. The third-order valence-electron chi connectivity index (χ3n) is 2.31. The van der Waals surface area contributed by atoms with Gasteiger partial charge in [-0.15, -0.1) is 0 Å². The zero-order chi connectivity index (χ0) is 11.4. The van der Waals surface area contributed by atoms with Crippen LogP contribution in [-0.4, -0.2) is 11.5 Å². The summed E-state index contributed by atoms with van der Waals surface area (Å²) in [4.78, 5) is 10.4. The van der Waals surface area contributed by atoms with Gasteiger partial charge in [0.05, 0.1) is 11.5 Å². The lowest BCUT2D eigenvalue weighted by atomic mass is 10.0. The van der Waals surface area contributed by atoms with Gasteiger partial charge in [-0.2, -0.15) is 0 Å². The molecule has 0 aliphatic rings. The van der Waals surface area contributed by atoms with Gasteiger partial charge in [-0.1, -0.05) is 13.0 Å². The number of nitro groups is 1. The highest BCUT2D eigenvalue weighted by atomic mass is 16.6. The molecule has 0 aromatic heterocycles. The van der Waals surface area contributed by atoms with Crippen LogP contribution in [0.15, 0.2) is 12.1 Å². The molecule has 0 N–H and O–H groups in total.